The minimum absolute atomic E-state index is 0.00723. The number of carbonyl (C=O) groups is 1. The maximum absolute atomic E-state index is 11.6. The Kier molecular flexibility index (Phi) is 5.47. The molecule has 0 heterocycles. The molecule has 0 atom stereocenters. The van der Waals surface area contributed by atoms with Gasteiger partial charge in [0.2, 0.25) is 5.91 Å². The molecule has 0 aliphatic heterocycles. The third kappa shape index (κ3) is 3.68. The molecule has 0 aliphatic carbocycles. The molecule has 1 aromatic carbocycles. The lowest BCUT2D eigenvalue weighted by Crippen LogP contribution is -2.37. The predicted molar refractivity (Wildman–Crippen MR) is 74.4 cm³/mol. The number of hydrogen-bond donors (Lipinski definition) is 1. The Hall–Kier alpha value is -2.62. The van der Waals surface area contributed by atoms with E-state index in [-0.39, 0.29) is 23.7 Å². The zero-order valence-corrected chi connectivity index (χ0v) is 11.4. The lowest BCUT2D eigenvalue weighted by atomic mass is 10.1. The number of benzene rings is 1. The molecule has 0 aromatic heterocycles. The third-order valence-corrected chi connectivity index (χ3v) is 2.75. The van der Waals surface area contributed by atoms with E-state index in [4.69, 9.17) is 5.26 Å². The van der Waals surface area contributed by atoms with Gasteiger partial charge in [-0.2, -0.15) is 5.26 Å². The Morgan fingerprint density at radius 1 is 1.50 bits per heavy atom. The summed E-state index contributed by atoms with van der Waals surface area (Å²) in [5, 5.41) is 22.4. The van der Waals surface area contributed by atoms with Crippen molar-refractivity contribution in [3.05, 3.63) is 33.9 Å². The number of likely N-dealkylation sites (N-methyl/N-ethyl adjacent to an activating group) is 2. The number of nitrogens with zero attached hydrogens (tertiary/aromatic N) is 3. The predicted octanol–water partition coefficient (Wildman–Crippen LogP) is 1.43. The molecule has 1 N–H and O–H groups in total. The van der Waals surface area contributed by atoms with Crippen molar-refractivity contribution in [3.8, 4) is 6.07 Å². The average molecular weight is 276 g/mol. The molecule has 1 aromatic rings. The van der Waals surface area contributed by atoms with Crippen LogP contribution >= 0.6 is 0 Å². The maximum Gasteiger partial charge on any atom is 0.289 e. The SMILES string of the molecule is CCNC(=O)CN(CC)c1ccc(C#N)c([N+](=O)[O-])c1. The van der Waals surface area contributed by atoms with Crippen molar-refractivity contribution in [2.75, 3.05) is 24.5 Å². The van der Waals surface area contributed by atoms with Crippen LogP contribution in [0.4, 0.5) is 11.4 Å². The number of nitrogens with one attached hydrogen (secondary N) is 1. The second-order valence-corrected chi connectivity index (χ2v) is 4.04. The van der Waals surface area contributed by atoms with Crippen molar-refractivity contribution in [1.82, 2.24) is 5.32 Å². The highest BCUT2D eigenvalue weighted by molar-refractivity contribution is 5.81. The Balaban J connectivity index is 3.05. The van der Waals surface area contributed by atoms with Gasteiger partial charge in [0.05, 0.1) is 11.5 Å². The molecule has 0 saturated heterocycles. The Morgan fingerprint density at radius 2 is 2.20 bits per heavy atom. The zero-order valence-electron chi connectivity index (χ0n) is 11.4. The fraction of sp³-hybridized carbons (Fsp3) is 0.385. The topological polar surface area (TPSA) is 99.3 Å². The van der Waals surface area contributed by atoms with E-state index in [1.165, 1.54) is 12.1 Å². The van der Waals surface area contributed by atoms with E-state index in [2.05, 4.69) is 5.32 Å². The van der Waals surface area contributed by atoms with Crippen LogP contribution in [-0.4, -0.2) is 30.5 Å². The first kappa shape index (κ1) is 15.4. The van der Waals surface area contributed by atoms with E-state index >= 15 is 0 Å². The Morgan fingerprint density at radius 3 is 2.70 bits per heavy atom. The minimum atomic E-state index is -0.595. The number of nitro groups is 1. The van der Waals surface area contributed by atoms with E-state index < -0.39 is 4.92 Å². The molecular weight excluding hydrogens is 260 g/mol. The van der Waals surface area contributed by atoms with E-state index in [1.54, 1.807) is 17.0 Å². The number of nitro benzene ring substituents is 1. The fourth-order valence-corrected chi connectivity index (χ4v) is 1.77. The first-order valence-electron chi connectivity index (χ1n) is 6.23. The zero-order chi connectivity index (χ0) is 15.1. The van der Waals surface area contributed by atoms with E-state index in [0.29, 0.717) is 18.8 Å². The molecule has 0 bridgehead atoms. The fourth-order valence-electron chi connectivity index (χ4n) is 1.77. The summed E-state index contributed by atoms with van der Waals surface area (Å²) < 4.78 is 0. The Bertz CT molecular complexity index is 551. The molecule has 0 radical (unpaired) electrons. The number of rotatable bonds is 6. The van der Waals surface area contributed by atoms with Crippen molar-refractivity contribution in [2.45, 2.75) is 13.8 Å². The molecule has 1 rings (SSSR count). The van der Waals surface area contributed by atoms with Crippen LogP contribution in [0.3, 0.4) is 0 Å². The summed E-state index contributed by atoms with van der Waals surface area (Å²) >= 11 is 0. The van der Waals surface area contributed by atoms with Crippen LogP contribution in [0.15, 0.2) is 18.2 Å². The number of anilines is 1. The van der Waals surface area contributed by atoms with Crippen LogP contribution in [0.1, 0.15) is 19.4 Å². The molecule has 0 spiro atoms. The molecule has 0 aliphatic rings. The van der Waals surface area contributed by atoms with Crippen LogP contribution in [0.25, 0.3) is 0 Å². The number of amides is 1. The summed E-state index contributed by atoms with van der Waals surface area (Å²) in [6.07, 6.45) is 0. The molecule has 7 heteroatoms. The summed E-state index contributed by atoms with van der Waals surface area (Å²) in [5.74, 6) is -0.152. The smallest absolute Gasteiger partial charge is 0.289 e. The van der Waals surface area contributed by atoms with Gasteiger partial charge in [-0.25, -0.2) is 0 Å². The molecule has 1 amide bonds. The van der Waals surface area contributed by atoms with Gasteiger partial charge in [-0.3, -0.25) is 14.9 Å². The number of hydrogen-bond acceptors (Lipinski definition) is 5. The third-order valence-electron chi connectivity index (χ3n) is 2.75. The maximum atomic E-state index is 11.6. The molecular formula is C13H16N4O3. The molecule has 0 fully saturated rings. The molecule has 0 unspecified atom stereocenters. The van der Waals surface area contributed by atoms with Crippen molar-refractivity contribution < 1.29 is 9.72 Å². The van der Waals surface area contributed by atoms with E-state index in [9.17, 15) is 14.9 Å². The van der Waals surface area contributed by atoms with Crippen molar-refractivity contribution >= 4 is 17.3 Å². The van der Waals surface area contributed by atoms with E-state index in [1.807, 2.05) is 13.8 Å². The summed E-state index contributed by atoms with van der Waals surface area (Å²) in [6, 6.07) is 6.11. The number of nitriles is 1. The summed E-state index contributed by atoms with van der Waals surface area (Å²) in [7, 11) is 0. The van der Waals surface area contributed by atoms with Gasteiger partial charge >= 0.3 is 0 Å². The second kappa shape index (κ2) is 7.09. The van der Waals surface area contributed by atoms with Gasteiger partial charge in [0.15, 0.2) is 0 Å². The van der Waals surface area contributed by atoms with Crippen LogP contribution in [0.5, 0.6) is 0 Å². The van der Waals surface area contributed by atoms with Crippen molar-refractivity contribution in [3.63, 3.8) is 0 Å². The molecule has 20 heavy (non-hydrogen) atoms. The van der Waals surface area contributed by atoms with Crippen LogP contribution in [0, 0.1) is 21.4 Å². The first-order valence-corrected chi connectivity index (χ1v) is 6.23. The quantitative estimate of drug-likeness (QED) is 0.626. The van der Waals surface area contributed by atoms with Gasteiger partial charge in [0, 0.05) is 24.8 Å². The van der Waals surface area contributed by atoms with Crippen LogP contribution in [-0.2, 0) is 4.79 Å². The average Bonchev–Trinajstić information content (AvgIpc) is 2.44. The molecule has 106 valence electrons. The second-order valence-electron chi connectivity index (χ2n) is 4.04. The lowest BCUT2D eigenvalue weighted by molar-refractivity contribution is -0.385. The standard InChI is InChI=1S/C13H16N4O3/c1-3-15-13(18)9-16(4-2)11-6-5-10(8-14)12(7-11)17(19)20/h5-7H,3-4,9H2,1-2H3,(H,15,18). The first-order chi connectivity index (χ1) is 9.53. The molecule has 0 saturated carbocycles. The minimum Gasteiger partial charge on any atom is -0.362 e. The monoisotopic (exact) mass is 276 g/mol. The van der Waals surface area contributed by atoms with Crippen LogP contribution < -0.4 is 10.2 Å². The van der Waals surface area contributed by atoms with Gasteiger partial charge in [0.1, 0.15) is 11.6 Å². The summed E-state index contributed by atoms with van der Waals surface area (Å²) in [6.45, 7) is 4.85. The van der Waals surface area contributed by atoms with Gasteiger partial charge in [0.25, 0.3) is 5.69 Å². The van der Waals surface area contributed by atoms with Gasteiger partial charge in [-0.05, 0) is 26.0 Å². The van der Waals surface area contributed by atoms with Crippen molar-refractivity contribution in [2.24, 2.45) is 0 Å². The van der Waals surface area contributed by atoms with Gasteiger partial charge in [-0.15, -0.1) is 0 Å². The molecule has 7 nitrogen and oxygen atoms in total. The largest absolute Gasteiger partial charge is 0.362 e. The summed E-state index contributed by atoms with van der Waals surface area (Å²) in [5.41, 5.74) is 0.302. The highest BCUT2D eigenvalue weighted by atomic mass is 16.6. The lowest BCUT2D eigenvalue weighted by Gasteiger charge is -2.22. The highest BCUT2D eigenvalue weighted by Crippen LogP contribution is 2.25. The van der Waals surface area contributed by atoms with Gasteiger partial charge < -0.3 is 10.2 Å². The van der Waals surface area contributed by atoms with Crippen LogP contribution in [0.2, 0.25) is 0 Å². The normalized spacial score (nSPS) is 9.65. The van der Waals surface area contributed by atoms with Crippen molar-refractivity contribution in [1.29, 1.82) is 5.26 Å². The van der Waals surface area contributed by atoms with E-state index in [0.717, 1.165) is 0 Å². The Labute approximate surface area is 117 Å². The number of carbonyl (C=O) groups excluding carboxylic acids is 1. The van der Waals surface area contributed by atoms with Gasteiger partial charge in [-0.1, -0.05) is 0 Å². The highest BCUT2D eigenvalue weighted by Gasteiger charge is 2.17. The summed E-state index contributed by atoms with van der Waals surface area (Å²) in [4.78, 5) is 23.6.